The van der Waals surface area contributed by atoms with Gasteiger partial charge in [-0.25, -0.2) is 0 Å². The first-order chi connectivity index (χ1) is 9.60. The smallest absolute Gasteiger partial charge is 0.0637 e. The summed E-state index contributed by atoms with van der Waals surface area (Å²) in [6, 6.07) is 8.14. The van der Waals surface area contributed by atoms with Crippen LogP contribution < -0.4 is 5.32 Å². The van der Waals surface area contributed by atoms with Crippen LogP contribution in [0.1, 0.15) is 30.6 Å². The molecule has 1 N–H and O–H groups in total. The molecule has 0 saturated heterocycles. The second-order valence-electron chi connectivity index (χ2n) is 4.82. The standard InChI is InChI=1S/C15H19Cl2N3/c1-3-15(11-4-5-13(16)14(17)10-11)18-8-6-12-7-9-20(2)19-12/h4-5,7,9-10,15,18H,3,6,8H2,1-2H3. The van der Waals surface area contributed by atoms with Crippen LogP contribution in [0.15, 0.2) is 30.5 Å². The molecule has 0 radical (unpaired) electrons. The van der Waals surface area contributed by atoms with E-state index in [4.69, 9.17) is 23.2 Å². The van der Waals surface area contributed by atoms with Gasteiger partial charge in [0.15, 0.2) is 0 Å². The monoisotopic (exact) mass is 311 g/mol. The zero-order valence-electron chi connectivity index (χ0n) is 11.7. The molecule has 2 aromatic rings. The van der Waals surface area contributed by atoms with Crippen LogP contribution in [-0.2, 0) is 13.5 Å². The summed E-state index contributed by atoms with van der Waals surface area (Å²) in [7, 11) is 1.93. The van der Waals surface area contributed by atoms with Gasteiger partial charge in [0.1, 0.15) is 0 Å². The molecule has 0 aliphatic carbocycles. The maximum atomic E-state index is 6.08. The molecule has 0 amide bonds. The molecule has 1 aromatic heterocycles. The van der Waals surface area contributed by atoms with Gasteiger partial charge in [-0.2, -0.15) is 5.10 Å². The van der Waals surface area contributed by atoms with Crippen LogP contribution in [0, 0.1) is 0 Å². The maximum absolute atomic E-state index is 6.08. The quantitative estimate of drug-likeness (QED) is 0.873. The van der Waals surface area contributed by atoms with Crippen molar-refractivity contribution in [1.29, 1.82) is 0 Å². The second kappa shape index (κ2) is 7.11. The Morgan fingerprint density at radius 3 is 2.65 bits per heavy atom. The fourth-order valence-electron chi connectivity index (χ4n) is 2.20. The normalized spacial score (nSPS) is 12.6. The zero-order chi connectivity index (χ0) is 14.5. The molecular weight excluding hydrogens is 293 g/mol. The predicted octanol–water partition coefficient (Wildman–Crippen LogP) is 4.01. The van der Waals surface area contributed by atoms with Crippen molar-refractivity contribution in [2.75, 3.05) is 6.54 Å². The van der Waals surface area contributed by atoms with Crippen molar-refractivity contribution in [2.24, 2.45) is 7.05 Å². The third-order valence-corrected chi connectivity index (χ3v) is 4.03. The summed E-state index contributed by atoms with van der Waals surface area (Å²) < 4.78 is 1.83. The molecule has 0 fully saturated rings. The van der Waals surface area contributed by atoms with Crippen LogP contribution in [0.5, 0.6) is 0 Å². The molecule has 1 atom stereocenters. The van der Waals surface area contributed by atoms with E-state index in [1.54, 1.807) is 0 Å². The lowest BCUT2D eigenvalue weighted by atomic mass is 10.0. The van der Waals surface area contributed by atoms with Gasteiger partial charge in [0, 0.05) is 32.3 Å². The Morgan fingerprint density at radius 2 is 2.05 bits per heavy atom. The number of halogens is 2. The highest BCUT2D eigenvalue weighted by Crippen LogP contribution is 2.26. The Bertz CT molecular complexity index is 566. The summed E-state index contributed by atoms with van der Waals surface area (Å²) in [5.74, 6) is 0. The number of benzene rings is 1. The number of nitrogens with zero attached hydrogens (tertiary/aromatic N) is 2. The van der Waals surface area contributed by atoms with Gasteiger partial charge in [-0.1, -0.05) is 36.2 Å². The Morgan fingerprint density at radius 1 is 1.25 bits per heavy atom. The van der Waals surface area contributed by atoms with Gasteiger partial charge in [0.25, 0.3) is 0 Å². The van der Waals surface area contributed by atoms with Gasteiger partial charge in [0.05, 0.1) is 15.7 Å². The van der Waals surface area contributed by atoms with E-state index in [9.17, 15) is 0 Å². The van der Waals surface area contributed by atoms with E-state index in [-0.39, 0.29) is 6.04 Å². The van der Waals surface area contributed by atoms with Crippen LogP contribution in [-0.4, -0.2) is 16.3 Å². The SMILES string of the molecule is CCC(NCCc1ccn(C)n1)c1ccc(Cl)c(Cl)c1. The first-order valence-corrected chi connectivity index (χ1v) is 7.52. The van der Waals surface area contributed by atoms with E-state index in [1.165, 1.54) is 5.56 Å². The van der Waals surface area contributed by atoms with Crippen molar-refractivity contribution < 1.29 is 0 Å². The first-order valence-electron chi connectivity index (χ1n) is 6.77. The molecule has 0 aliphatic heterocycles. The summed E-state index contributed by atoms with van der Waals surface area (Å²) in [5, 5.41) is 9.11. The number of aromatic nitrogens is 2. The molecule has 0 aliphatic rings. The van der Waals surface area contributed by atoms with E-state index in [2.05, 4.69) is 17.3 Å². The number of hydrogen-bond acceptors (Lipinski definition) is 2. The zero-order valence-corrected chi connectivity index (χ0v) is 13.2. The predicted molar refractivity (Wildman–Crippen MR) is 84.4 cm³/mol. The number of aryl methyl sites for hydroxylation is 1. The lowest BCUT2D eigenvalue weighted by Gasteiger charge is -2.17. The molecule has 0 spiro atoms. The van der Waals surface area contributed by atoms with E-state index in [0.29, 0.717) is 10.0 Å². The highest BCUT2D eigenvalue weighted by atomic mass is 35.5. The van der Waals surface area contributed by atoms with Gasteiger partial charge in [-0.05, 0) is 30.2 Å². The van der Waals surface area contributed by atoms with Crippen LogP contribution in [0.4, 0.5) is 0 Å². The highest BCUT2D eigenvalue weighted by Gasteiger charge is 2.10. The van der Waals surface area contributed by atoms with Crippen LogP contribution >= 0.6 is 23.2 Å². The molecule has 1 aromatic carbocycles. The molecule has 1 heterocycles. The third-order valence-electron chi connectivity index (χ3n) is 3.29. The minimum absolute atomic E-state index is 0.286. The fourth-order valence-corrected chi connectivity index (χ4v) is 2.50. The highest BCUT2D eigenvalue weighted by molar-refractivity contribution is 6.42. The molecule has 20 heavy (non-hydrogen) atoms. The molecular formula is C15H19Cl2N3. The van der Waals surface area contributed by atoms with Gasteiger partial charge in [-0.3, -0.25) is 4.68 Å². The maximum Gasteiger partial charge on any atom is 0.0637 e. The average molecular weight is 312 g/mol. The summed E-state index contributed by atoms with van der Waals surface area (Å²) in [6.45, 7) is 3.04. The molecule has 0 saturated carbocycles. The van der Waals surface area contributed by atoms with Crippen molar-refractivity contribution in [3.63, 3.8) is 0 Å². The average Bonchev–Trinajstić information content (AvgIpc) is 2.84. The van der Waals surface area contributed by atoms with E-state index in [0.717, 1.165) is 25.1 Å². The Balaban J connectivity index is 1.93. The topological polar surface area (TPSA) is 29.9 Å². The van der Waals surface area contributed by atoms with Crippen molar-refractivity contribution in [3.8, 4) is 0 Å². The molecule has 2 rings (SSSR count). The lowest BCUT2D eigenvalue weighted by molar-refractivity contribution is 0.519. The summed E-state index contributed by atoms with van der Waals surface area (Å²) in [4.78, 5) is 0. The van der Waals surface area contributed by atoms with Crippen molar-refractivity contribution in [3.05, 3.63) is 51.8 Å². The van der Waals surface area contributed by atoms with Crippen LogP contribution in [0.2, 0.25) is 10.0 Å². The van der Waals surface area contributed by atoms with Crippen LogP contribution in [0.25, 0.3) is 0 Å². The summed E-state index contributed by atoms with van der Waals surface area (Å²) in [6.07, 6.45) is 3.88. The van der Waals surface area contributed by atoms with E-state index >= 15 is 0 Å². The van der Waals surface area contributed by atoms with E-state index < -0.39 is 0 Å². The van der Waals surface area contributed by atoms with Gasteiger partial charge in [0.2, 0.25) is 0 Å². The summed E-state index contributed by atoms with van der Waals surface area (Å²) >= 11 is 12.0. The molecule has 1 unspecified atom stereocenters. The number of rotatable bonds is 6. The van der Waals surface area contributed by atoms with Gasteiger partial charge < -0.3 is 5.32 Å². The molecule has 3 nitrogen and oxygen atoms in total. The van der Waals surface area contributed by atoms with E-state index in [1.807, 2.05) is 42.2 Å². The van der Waals surface area contributed by atoms with Crippen molar-refractivity contribution in [1.82, 2.24) is 15.1 Å². The largest absolute Gasteiger partial charge is 0.310 e. The fraction of sp³-hybridized carbons (Fsp3) is 0.400. The van der Waals surface area contributed by atoms with Crippen molar-refractivity contribution >= 4 is 23.2 Å². The summed E-state index contributed by atoms with van der Waals surface area (Å²) in [5.41, 5.74) is 2.27. The molecule has 108 valence electrons. The Labute approximate surface area is 129 Å². The number of hydrogen-bond donors (Lipinski definition) is 1. The lowest BCUT2D eigenvalue weighted by Crippen LogP contribution is -2.23. The number of nitrogens with one attached hydrogen (secondary N) is 1. The molecule has 5 heteroatoms. The van der Waals surface area contributed by atoms with Crippen LogP contribution in [0.3, 0.4) is 0 Å². The van der Waals surface area contributed by atoms with Gasteiger partial charge in [-0.15, -0.1) is 0 Å². The third kappa shape index (κ3) is 3.98. The minimum Gasteiger partial charge on any atom is -0.310 e. The molecule has 0 bridgehead atoms. The second-order valence-corrected chi connectivity index (χ2v) is 5.63. The van der Waals surface area contributed by atoms with Gasteiger partial charge >= 0.3 is 0 Å². The Hall–Kier alpha value is -1.03. The van der Waals surface area contributed by atoms with Crippen molar-refractivity contribution in [2.45, 2.75) is 25.8 Å². The minimum atomic E-state index is 0.286. The Kier molecular flexibility index (Phi) is 5.46. The first kappa shape index (κ1) is 15.4.